The van der Waals surface area contributed by atoms with E-state index in [4.69, 9.17) is 0 Å². The van der Waals surface area contributed by atoms with E-state index >= 15 is 0 Å². The number of aromatic nitrogens is 1. The highest BCUT2D eigenvalue weighted by atomic mass is 16.3. The summed E-state index contributed by atoms with van der Waals surface area (Å²) in [5.74, 6) is 1.18. The number of piperidine rings is 2. The summed E-state index contributed by atoms with van der Waals surface area (Å²) in [5.41, 5.74) is 2.36. The molecule has 1 amide bonds. The molecule has 1 aromatic carbocycles. The summed E-state index contributed by atoms with van der Waals surface area (Å²) in [4.78, 5) is 18.7. The molecule has 4 nitrogen and oxygen atoms in total. The summed E-state index contributed by atoms with van der Waals surface area (Å²) in [7, 11) is 0. The molecule has 1 saturated carbocycles. The molecule has 3 aliphatic rings. The van der Waals surface area contributed by atoms with Crippen LogP contribution in [0.15, 0.2) is 30.5 Å². The summed E-state index contributed by atoms with van der Waals surface area (Å²) in [5, 5.41) is 11.8. The van der Waals surface area contributed by atoms with E-state index in [1.165, 1.54) is 10.9 Å². The minimum atomic E-state index is -0.348. The van der Waals surface area contributed by atoms with E-state index in [0.717, 1.165) is 24.8 Å². The van der Waals surface area contributed by atoms with Crippen LogP contribution in [0, 0.1) is 11.8 Å². The number of hydrogen-bond acceptors (Lipinski definition) is 2. The zero-order chi connectivity index (χ0) is 18.4. The lowest BCUT2D eigenvalue weighted by Gasteiger charge is -2.56. The lowest BCUT2D eigenvalue weighted by atomic mass is 9.68. The average Bonchev–Trinajstić information content (AvgIpc) is 3.01. The Morgan fingerprint density at radius 2 is 2.04 bits per heavy atom. The van der Waals surface area contributed by atoms with E-state index in [0.29, 0.717) is 24.3 Å². The summed E-state index contributed by atoms with van der Waals surface area (Å²) in [6.45, 7) is 6.47. The number of nitrogens with one attached hydrogen (secondary N) is 1. The number of carbonyl (C=O) groups is 1. The molecule has 0 radical (unpaired) electrons. The van der Waals surface area contributed by atoms with Gasteiger partial charge in [0.2, 0.25) is 5.91 Å². The molecule has 2 aliphatic heterocycles. The number of para-hydroxylation sites is 1. The van der Waals surface area contributed by atoms with Crippen LogP contribution in [0.2, 0.25) is 0 Å². The van der Waals surface area contributed by atoms with Gasteiger partial charge < -0.3 is 15.0 Å². The molecule has 0 spiro atoms. The molecule has 2 saturated heterocycles. The molecule has 3 heterocycles. The molecule has 3 unspecified atom stereocenters. The smallest absolute Gasteiger partial charge is 0.223 e. The Labute approximate surface area is 155 Å². The quantitative estimate of drug-likeness (QED) is 0.851. The largest absolute Gasteiger partial charge is 0.391 e. The standard InChI is InChI=1S/C22H30N2O2/c1-4-20-22(26)14-9-15(10-14)24(20)21(25)11-17(13(2)3)18-12-23-19-8-6-5-7-16(18)19/h5-8,12-15,17,20,22-23,26H,4,9-11H2,1-3H3. The SMILES string of the molecule is CCC1C(O)C2CC(C2)N1C(=O)CC(c1c[nH]c2ccccc12)C(C)C. The number of aromatic amines is 1. The molecular weight excluding hydrogens is 324 g/mol. The van der Waals surface area contributed by atoms with Crippen molar-refractivity contribution in [2.24, 2.45) is 11.8 Å². The highest BCUT2D eigenvalue weighted by Gasteiger charge is 2.51. The van der Waals surface area contributed by atoms with Crippen LogP contribution < -0.4 is 0 Å². The van der Waals surface area contributed by atoms with Crippen LogP contribution in [0.3, 0.4) is 0 Å². The molecule has 140 valence electrons. The van der Waals surface area contributed by atoms with Crippen molar-refractivity contribution in [2.75, 3.05) is 0 Å². The zero-order valence-corrected chi connectivity index (χ0v) is 16.0. The van der Waals surface area contributed by atoms with Gasteiger partial charge in [-0.25, -0.2) is 0 Å². The molecule has 2 bridgehead atoms. The predicted molar refractivity (Wildman–Crippen MR) is 104 cm³/mol. The Balaban J connectivity index is 1.59. The summed E-state index contributed by atoms with van der Waals surface area (Å²) < 4.78 is 0. The molecule has 3 atom stereocenters. The number of amides is 1. The van der Waals surface area contributed by atoms with Crippen LogP contribution in [-0.4, -0.2) is 39.1 Å². The van der Waals surface area contributed by atoms with E-state index in [2.05, 4.69) is 50.2 Å². The summed E-state index contributed by atoms with van der Waals surface area (Å²) in [6, 6.07) is 8.65. The van der Waals surface area contributed by atoms with E-state index in [-0.39, 0.29) is 24.0 Å². The molecule has 4 heteroatoms. The molecule has 1 aromatic heterocycles. The number of aliphatic hydroxyl groups is 1. The minimum absolute atomic E-state index is 0.00391. The molecule has 1 aliphatic carbocycles. The van der Waals surface area contributed by atoms with Crippen molar-refractivity contribution in [2.45, 2.75) is 70.6 Å². The van der Waals surface area contributed by atoms with Gasteiger partial charge in [-0.3, -0.25) is 4.79 Å². The van der Waals surface area contributed by atoms with Gasteiger partial charge in [0.1, 0.15) is 0 Å². The fourth-order valence-corrected chi connectivity index (χ4v) is 5.11. The van der Waals surface area contributed by atoms with Gasteiger partial charge in [0, 0.05) is 29.6 Å². The number of aliphatic hydroxyl groups excluding tert-OH is 1. The van der Waals surface area contributed by atoms with Gasteiger partial charge in [0.25, 0.3) is 0 Å². The van der Waals surface area contributed by atoms with Crippen LogP contribution in [0.1, 0.15) is 57.9 Å². The Morgan fingerprint density at radius 1 is 1.31 bits per heavy atom. The fourth-order valence-electron chi connectivity index (χ4n) is 5.11. The second-order valence-corrected chi connectivity index (χ2v) is 8.50. The van der Waals surface area contributed by atoms with E-state index in [9.17, 15) is 9.90 Å². The number of H-pyrrole nitrogens is 1. The fraction of sp³-hybridized carbons (Fsp3) is 0.591. The maximum absolute atomic E-state index is 13.3. The molecule has 3 fully saturated rings. The minimum Gasteiger partial charge on any atom is -0.391 e. The first kappa shape index (κ1) is 17.6. The van der Waals surface area contributed by atoms with Gasteiger partial charge >= 0.3 is 0 Å². The summed E-state index contributed by atoms with van der Waals surface area (Å²) >= 11 is 0. The molecule has 5 rings (SSSR count). The van der Waals surface area contributed by atoms with Crippen LogP contribution in [0.4, 0.5) is 0 Å². The lowest BCUT2D eigenvalue weighted by Crippen LogP contribution is -2.65. The molecular formula is C22H30N2O2. The third kappa shape index (κ3) is 2.75. The number of rotatable bonds is 5. The van der Waals surface area contributed by atoms with Crippen LogP contribution in [0.25, 0.3) is 10.9 Å². The first-order chi connectivity index (χ1) is 12.5. The number of nitrogens with zero attached hydrogens (tertiary/aromatic N) is 1. The number of fused-ring (bicyclic) bond motifs is 3. The van der Waals surface area contributed by atoms with E-state index < -0.39 is 0 Å². The normalized spacial score (nSPS) is 29.0. The molecule has 2 aromatic rings. The van der Waals surface area contributed by atoms with Crippen LogP contribution in [0.5, 0.6) is 0 Å². The van der Waals surface area contributed by atoms with E-state index in [1.54, 1.807) is 0 Å². The average molecular weight is 354 g/mol. The Bertz CT molecular complexity index is 790. The molecule has 2 N–H and O–H groups in total. The second kappa shape index (κ2) is 6.73. The van der Waals surface area contributed by atoms with Gasteiger partial charge in [-0.1, -0.05) is 39.0 Å². The Kier molecular flexibility index (Phi) is 4.55. The molecule has 26 heavy (non-hydrogen) atoms. The predicted octanol–water partition coefficient (Wildman–Crippen LogP) is 4.06. The number of hydrogen-bond donors (Lipinski definition) is 2. The second-order valence-electron chi connectivity index (χ2n) is 8.50. The maximum atomic E-state index is 13.3. The van der Waals surface area contributed by atoms with Crippen molar-refractivity contribution >= 4 is 16.8 Å². The highest BCUT2D eigenvalue weighted by molar-refractivity contribution is 5.85. The summed E-state index contributed by atoms with van der Waals surface area (Å²) in [6.07, 6.45) is 5.03. The van der Waals surface area contributed by atoms with Gasteiger partial charge in [-0.15, -0.1) is 0 Å². The van der Waals surface area contributed by atoms with Gasteiger partial charge in [0.05, 0.1) is 12.1 Å². The van der Waals surface area contributed by atoms with Crippen molar-refractivity contribution in [3.05, 3.63) is 36.0 Å². The topological polar surface area (TPSA) is 56.3 Å². The number of carbonyl (C=O) groups excluding carboxylic acids is 1. The van der Waals surface area contributed by atoms with Gasteiger partial charge in [-0.05, 0) is 48.6 Å². The Hall–Kier alpha value is -1.81. The van der Waals surface area contributed by atoms with Crippen molar-refractivity contribution in [1.82, 2.24) is 9.88 Å². The van der Waals surface area contributed by atoms with Crippen molar-refractivity contribution in [1.29, 1.82) is 0 Å². The zero-order valence-electron chi connectivity index (χ0n) is 16.0. The van der Waals surface area contributed by atoms with Crippen molar-refractivity contribution in [3.8, 4) is 0 Å². The van der Waals surface area contributed by atoms with Crippen LogP contribution in [-0.2, 0) is 4.79 Å². The third-order valence-corrected chi connectivity index (χ3v) is 6.70. The van der Waals surface area contributed by atoms with Crippen LogP contribution >= 0.6 is 0 Å². The van der Waals surface area contributed by atoms with E-state index in [1.807, 2.05) is 11.0 Å². The first-order valence-electron chi connectivity index (χ1n) is 10.1. The third-order valence-electron chi connectivity index (χ3n) is 6.70. The lowest BCUT2D eigenvalue weighted by molar-refractivity contribution is -0.165. The maximum Gasteiger partial charge on any atom is 0.223 e. The highest BCUT2D eigenvalue weighted by Crippen LogP contribution is 2.45. The monoisotopic (exact) mass is 354 g/mol. The van der Waals surface area contributed by atoms with Gasteiger partial charge in [0.15, 0.2) is 0 Å². The Morgan fingerprint density at radius 3 is 2.73 bits per heavy atom. The van der Waals surface area contributed by atoms with Crippen molar-refractivity contribution in [3.63, 3.8) is 0 Å². The van der Waals surface area contributed by atoms with Gasteiger partial charge in [-0.2, -0.15) is 0 Å². The van der Waals surface area contributed by atoms with Crippen molar-refractivity contribution < 1.29 is 9.90 Å². The first-order valence-corrected chi connectivity index (χ1v) is 10.1. The number of benzene rings is 1.